The van der Waals surface area contributed by atoms with E-state index < -0.39 is 12.0 Å². The number of nitrogens with zero attached hydrogens (tertiary/aromatic N) is 1. The molecule has 0 bridgehead atoms. The molecule has 1 saturated heterocycles. The number of rotatable bonds is 7. The van der Waals surface area contributed by atoms with Crippen LogP contribution in [0.5, 0.6) is 0 Å². The van der Waals surface area contributed by atoms with Crippen molar-refractivity contribution in [3.63, 3.8) is 0 Å². The first-order valence-corrected chi connectivity index (χ1v) is 8.65. The Balaban J connectivity index is 2.94. The number of carbonyl (C=O) groups is 2. The van der Waals surface area contributed by atoms with E-state index in [-0.39, 0.29) is 23.1 Å². The van der Waals surface area contributed by atoms with Crippen LogP contribution in [0.25, 0.3) is 0 Å². The first-order valence-electron chi connectivity index (χ1n) is 7.60. The Hall–Kier alpha value is -0.710. The quantitative estimate of drug-likeness (QED) is 0.784. The second-order valence-corrected chi connectivity index (χ2v) is 6.99. The molecule has 2 unspecified atom stereocenters. The van der Waals surface area contributed by atoms with Gasteiger partial charge < -0.3 is 10.0 Å². The molecule has 5 heteroatoms. The van der Waals surface area contributed by atoms with Gasteiger partial charge in [0, 0.05) is 11.7 Å². The van der Waals surface area contributed by atoms with Crippen LogP contribution in [-0.2, 0) is 9.59 Å². The Kier molecular flexibility index (Phi) is 6.86. The molecule has 1 fully saturated rings. The molecule has 4 nitrogen and oxygen atoms in total. The van der Waals surface area contributed by atoms with Crippen molar-refractivity contribution in [2.45, 2.75) is 64.8 Å². The number of hydrogen-bond acceptors (Lipinski definition) is 3. The molecule has 2 atom stereocenters. The lowest BCUT2D eigenvalue weighted by Gasteiger charge is -2.32. The van der Waals surface area contributed by atoms with Gasteiger partial charge in [0.05, 0.1) is 5.37 Å². The molecule has 1 aliphatic rings. The summed E-state index contributed by atoms with van der Waals surface area (Å²) in [7, 11) is 0. The third-order valence-corrected chi connectivity index (χ3v) is 5.39. The number of amides is 1. The summed E-state index contributed by atoms with van der Waals surface area (Å²) in [6, 6.07) is -0.656. The molecule has 0 radical (unpaired) electrons. The van der Waals surface area contributed by atoms with E-state index in [1.807, 2.05) is 0 Å². The van der Waals surface area contributed by atoms with Gasteiger partial charge in [0.2, 0.25) is 5.91 Å². The summed E-state index contributed by atoms with van der Waals surface area (Å²) in [5.74, 6) is -0.0657. The third-order valence-electron chi connectivity index (χ3n) is 3.77. The number of carbonyl (C=O) groups excluding carboxylic acids is 1. The summed E-state index contributed by atoms with van der Waals surface area (Å²) < 4.78 is 0. The van der Waals surface area contributed by atoms with Gasteiger partial charge in [-0.2, -0.15) is 0 Å². The minimum atomic E-state index is -0.874. The lowest BCUT2D eigenvalue weighted by molar-refractivity contribution is -0.151. The van der Waals surface area contributed by atoms with E-state index in [4.69, 9.17) is 0 Å². The Morgan fingerprint density at radius 1 is 1.25 bits per heavy atom. The van der Waals surface area contributed by atoms with Gasteiger partial charge in [-0.25, -0.2) is 4.79 Å². The second-order valence-electron chi connectivity index (χ2n) is 5.84. The smallest absolute Gasteiger partial charge is 0.327 e. The van der Waals surface area contributed by atoms with Crippen molar-refractivity contribution < 1.29 is 14.7 Å². The van der Waals surface area contributed by atoms with Crippen molar-refractivity contribution in [2.75, 3.05) is 5.75 Å². The van der Waals surface area contributed by atoms with Crippen LogP contribution in [0, 0.1) is 11.8 Å². The summed E-state index contributed by atoms with van der Waals surface area (Å²) >= 11 is 1.60. The maximum atomic E-state index is 12.8. The molecular weight excluding hydrogens is 274 g/mol. The molecule has 0 spiro atoms. The zero-order valence-corrected chi connectivity index (χ0v) is 13.8. The largest absolute Gasteiger partial charge is 0.480 e. The molecule has 1 N–H and O–H groups in total. The summed E-state index contributed by atoms with van der Waals surface area (Å²) in [6.45, 7) is 8.25. The fourth-order valence-electron chi connectivity index (χ4n) is 2.81. The van der Waals surface area contributed by atoms with Gasteiger partial charge in [-0.05, 0) is 18.8 Å². The Labute approximate surface area is 126 Å². The highest BCUT2D eigenvalue weighted by Crippen LogP contribution is 2.36. The van der Waals surface area contributed by atoms with E-state index in [9.17, 15) is 14.7 Å². The maximum Gasteiger partial charge on any atom is 0.327 e. The third kappa shape index (κ3) is 3.90. The average molecular weight is 301 g/mol. The second kappa shape index (κ2) is 7.91. The van der Waals surface area contributed by atoms with Crippen LogP contribution < -0.4 is 0 Å². The van der Waals surface area contributed by atoms with Gasteiger partial charge in [0.1, 0.15) is 6.04 Å². The van der Waals surface area contributed by atoms with Gasteiger partial charge in [-0.3, -0.25) is 4.79 Å². The molecule has 0 saturated carbocycles. The first-order chi connectivity index (χ1) is 9.43. The van der Waals surface area contributed by atoms with E-state index in [0.717, 1.165) is 25.7 Å². The van der Waals surface area contributed by atoms with E-state index >= 15 is 0 Å². The van der Waals surface area contributed by atoms with Crippen molar-refractivity contribution in [3.8, 4) is 0 Å². The number of hydrogen-bond donors (Lipinski definition) is 1. The minimum Gasteiger partial charge on any atom is -0.480 e. The number of aliphatic carboxylic acids is 1. The summed E-state index contributed by atoms with van der Waals surface area (Å²) in [5.41, 5.74) is 0. The topological polar surface area (TPSA) is 57.6 Å². The Morgan fingerprint density at radius 3 is 2.20 bits per heavy atom. The van der Waals surface area contributed by atoms with Gasteiger partial charge in [-0.15, -0.1) is 11.8 Å². The highest BCUT2D eigenvalue weighted by Gasteiger charge is 2.44. The van der Waals surface area contributed by atoms with Crippen molar-refractivity contribution in [3.05, 3.63) is 0 Å². The van der Waals surface area contributed by atoms with Crippen LogP contribution in [-0.4, -0.2) is 39.1 Å². The van der Waals surface area contributed by atoms with Crippen LogP contribution in [0.15, 0.2) is 0 Å². The average Bonchev–Trinajstić information content (AvgIpc) is 2.82. The van der Waals surface area contributed by atoms with Gasteiger partial charge in [0.25, 0.3) is 0 Å². The van der Waals surface area contributed by atoms with Crippen molar-refractivity contribution >= 4 is 23.6 Å². The van der Waals surface area contributed by atoms with Crippen LogP contribution in [0.1, 0.15) is 53.4 Å². The molecule has 0 aromatic heterocycles. The number of carboxylic acids is 1. The van der Waals surface area contributed by atoms with E-state index in [1.54, 1.807) is 16.7 Å². The molecule has 1 amide bonds. The molecule has 1 heterocycles. The molecule has 0 aromatic carbocycles. The number of carboxylic acid groups (broad SMARTS) is 1. The zero-order chi connectivity index (χ0) is 15.3. The van der Waals surface area contributed by atoms with Crippen LogP contribution in [0.3, 0.4) is 0 Å². The normalized spacial score (nSPS) is 22.8. The fourth-order valence-corrected chi connectivity index (χ4v) is 4.29. The zero-order valence-electron chi connectivity index (χ0n) is 13.0. The van der Waals surface area contributed by atoms with Gasteiger partial charge in [-0.1, -0.05) is 40.5 Å². The summed E-state index contributed by atoms with van der Waals surface area (Å²) in [5, 5.41) is 9.37. The van der Waals surface area contributed by atoms with Gasteiger partial charge in [0.15, 0.2) is 0 Å². The molecular formula is C15H27NO3S. The molecule has 0 aromatic rings. The highest BCUT2D eigenvalue weighted by atomic mass is 32.2. The van der Waals surface area contributed by atoms with Crippen molar-refractivity contribution in [2.24, 2.45) is 11.8 Å². The predicted octanol–water partition coefficient (Wildman–Crippen LogP) is 3.21. The molecule has 20 heavy (non-hydrogen) atoms. The standard InChI is InChI=1S/C15H27NO3S/c1-5-7-11(8-6-2)13(17)16-12(15(18)19)9-20-14(16)10(3)4/h10-12,14H,5-9H2,1-4H3,(H,18,19). The molecule has 0 aliphatic carbocycles. The molecule has 116 valence electrons. The lowest BCUT2D eigenvalue weighted by Crippen LogP contribution is -2.49. The Morgan fingerprint density at radius 2 is 1.80 bits per heavy atom. The number of thioether (sulfide) groups is 1. The lowest BCUT2D eigenvalue weighted by atomic mass is 9.95. The molecule has 1 aliphatic heterocycles. The van der Waals surface area contributed by atoms with Gasteiger partial charge >= 0.3 is 5.97 Å². The van der Waals surface area contributed by atoms with Crippen LogP contribution in [0.2, 0.25) is 0 Å². The van der Waals surface area contributed by atoms with E-state index in [0.29, 0.717) is 5.75 Å². The van der Waals surface area contributed by atoms with Crippen molar-refractivity contribution in [1.29, 1.82) is 0 Å². The Bertz CT molecular complexity index is 340. The first kappa shape index (κ1) is 17.3. The maximum absolute atomic E-state index is 12.8. The summed E-state index contributed by atoms with van der Waals surface area (Å²) in [6.07, 6.45) is 3.62. The van der Waals surface area contributed by atoms with E-state index in [1.165, 1.54) is 0 Å². The van der Waals surface area contributed by atoms with Crippen LogP contribution >= 0.6 is 11.8 Å². The fraction of sp³-hybridized carbons (Fsp3) is 0.867. The molecule has 1 rings (SSSR count). The predicted molar refractivity (Wildman–Crippen MR) is 82.7 cm³/mol. The highest BCUT2D eigenvalue weighted by molar-refractivity contribution is 8.00. The van der Waals surface area contributed by atoms with Crippen molar-refractivity contribution in [1.82, 2.24) is 4.90 Å². The monoisotopic (exact) mass is 301 g/mol. The van der Waals surface area contributed by atoms with E-state index in [2.05, 4.69) is 27.7 Å². The minimum absolute atomic E-state index is 0.000174. The summed E-state index contributed by atoms with van der Waals surface area (Å²) in [4.78, 5) is 25.9. The van der Waals surface area contributed by atoms with Crippen LogP contribution in [0.4, 0.5) is 0 Å². The SMILES string of the molecule is CCCC(CCC)C(=O)N1C(C(=O)O)CSC1C(C)C.